The number of fused-ring (bicyclic) bond motifs is 5. The molecule has 12 heteroatoms. The summed E-state index contributed by atoms with van der Waals surface area (Å²) in [7, 11) is -0.722. The molecule has 0 spiro atoms. The van der Waals surface area contributed by atoms with E-state index in [0.29, 0.717) is 80.6 Å². The Morgan fingerprint density at radius 1 is 0.947 bits per heavy atom. The molecule has 5 heterocycles. The Morgan fingerprint density at radius 3 is 2.19 bits per heavy atom. The molecule has 0 N–H and O–H groups in total. The second-order valence-corrected chi connectivity index (χ2v) is 23.7. The first-order valence-corrected chi connectivity index (χ1v) is 23.0. The molecule has 3 saturated heterocycles. The van der Waals surface area contributed by atoms with E-state index in [1.807, 2.05) is 43.3 Å². The molecule has 57 heavy (non-hydrogen) atoms. The van der Waals surface area contributed by atoms with Crippen LogP contribution >= 0.6 is 0 Å². The third-order valence-corrected chi connectivity index (χ3v) is 18.7. The molecule has 0 radical (unpaired) electrons. The average Bonchev–Trinajstić information content (AvgIpc) is 3.93. The second-order valence-electron chi connectivity index (χ2n) is 18.2. The Hall–Kier alpha value is -4.21. The molecular weight excluding hydrogens is 741 g/mol. The lowest BCUT2D eigenvalue weighted by molar-refractivity contribution is 0.000796. The van der Waals surface area contributed by atoms with Gasteiger partial charge < -0.3 is 24.0 Å². The number of piperidine rings is 2. The molecular formula is C45H59F2N5O4Si. The van der Waals surface area contributed by atoms with Gasteiger partial charge in [-0.2, -0.15) is 5.10 Å². The second kappa shape index (κ2) is 15.5. The maximum Gasteiger partial charge on any atom is 0.410 e. The minimum absolute atomic E-state index is 0.00145. The van der Waals surface area contributed by atoms with Crippen molar-refractivity contribution in [2.24, 2.45) is 0 Å². The van der Waals surface area contributed by atoms with Crippen molar-refractivity contribution in [3.63, 3.8) is 0 Å². The average molecular weight is 800 g/mol. The third kappa shape index (κ3) is 7.39. The summed E-state index contributed by atoms with van der Waals surface area (Å²) >= 11 is 0. The minimum Gasteiger partial charge on any atom is -0.468 e. The van der Waals surface area contributed by atoms with E-state index in [9.17, 15) is 4.79 Å². The van der Waals surface area contributed by atoms with E-state index in [2.05, 4.69) is 57.9 Å². The lowest BCUT2D eigenvalue weighted by atomic mass is 9.90. The summed E-state index contributed by atoms with van der Waals surface area (Å²) in [6.45, 7) is 22.1. The lowest BCUT2D eigenvalue weighted by Gasteiger charge is -2.51. The van der Waals surface area contributed by atoms with Crippen LogP contribution in [0, 0.1) is 23.1 Å². The van der Waals surface area contributed by atoms with Gasteiger partial charge in [0.25, 0.3) is 0 Å². The van der Waals surface area contributed by atoms with Crippen LogP contribution in [-0.2, 0) is 15.9 Å². The number of benzene rings is 2. The molecule has 2 aromatic carbocycles. The molecule has 1 aliphatic carbocycles. The summed E-state index contributed by atoms with van der Waals surface area (Å²) in [6.07, 6.45) is 3.77. The normalized spacial score (nSPS) is 18.7. The number of pyridine rings is 1. The van der Waals surface area contributed by atoms with Crippen LogP contribution in [0.4, 0.5) is 19.4 Å². The number of ether oxygens (including phenoxy) is 3. The highest BCUT2D eigenvalue weighted by Crippen LogP contribution is 2.47. The van der Waals surface area contributed by atoms with Crippen molar-refractivity contribution in [2.45, 2.75) is 142 Å². The fraction of sp³-hybridized carbons (Fsp3) is 0.578. The molecule has 306 valence electrons. The monoisotopic (exact) mass is 799 g/mol. The van der Waals surface area contributed by atoms with Gasteiger partial charge in [-0.25, -0.2) is 18.6 Å². The van der Waals surface area contributed by atoms with Gasteiger partial charge in [0.15, 0.2) is 18.4 Å². The van der Waals surface area contributed by atoms with Gasteiger partial charge in [0.1, 0.15) is 36.5 Å². The zero-order chi connectivity index (χ0) is 41.1. The molecule has 4 fully saturated rings. The van der Waals surface area contributed by atoms with Crippen LogP contribution in [0.5, 0.6) is 5.75 Å². The standard InChI is InChI=1S/C45H59F2N5O4Si/c1-12-37-39-42(52(30-14-15-30)49-43(39)50-23-32-17-16-31(50)24-51(32)44(53)56-45(8,9)10)40(47)41(48-37)35-22-33(55-25-54-11)21-29-13-18-36(46)34(38(29)35)19-20-57(26(2)3,27(4)5)28(6)7/h13,18,21-22,26-28,30-32H,12,14-17,23-25H2,1-11H3/t31-,32+/m0/s1. The van der Waals surface area contributed by atoms with Crippen LogP contribution < -0.4 is 9.64 Å². The number of anilines is 1. The fourth-order valence-corrected chi connectivity index (χ4v) is 14.8. The highest BCUT2D eigenvalue weighted by molar-refractivity contribution is 6.90. The van der Waals surface area contributed by atoms with E-state index in [0.717, 1.165) is 25.7 Å². The molecule has 4 aromatic rings. The Balaban J connectivity index is 1.43. The maximum atomic E-state index is 17.9. The van der Waals surface area contributed by atoms with Gasteiger partial charge in [0.2, 0.25) is 0 Å². The summed E-state index contributed by atoms with van der Waals surface area (Å²) < 4.78 is 53.0. The lowest BCUT2D eigenvalue weighted by Crippen LogP contribution is -2.64. The van der Waals surface area contributed by atoms with E-state index in [1.54, 1.807) is 19.2 Å². The third-order valence-electron chi connectivity index (χ3n) is 12.4. The SMILES string of the molecule is CCc1nc(-c2cc(OCOC)cc3ccc(F)c(C#C[Si](C(C)C)(C(C)C)C(C)C)c23)c(F)c2c1c(N1C[C@H]3CC[C@H]1CN3C(=O)OC(C)(C)C)nn2C1CC1. The Morgan fingerprint density at radius 2 is 1.61 bits per heavy atom. The van der Waals surface area contributed by atoms with E-state index in [-0.39, 0.29) is 42.3 Å². The maximum absolute atomic E-state index is 17.9. The molecule has 4 aliphatic rings. The number of halogens is 2. The van der Waals surface area contributed by atoms with Crippen LogP contribution in [0.25, 0.3) is 32.9 Å². The Kier molecular flexibility index (Phi) is 11.2. The van der Waals surface area contributed by atoms with Crippen molar-refractivity contribution in [2.75, 3.05) is 31.9 Å². The highest BCUT2D eigenvalue weighted by Gasteiger charge is 2.45. The van der Waals surface area contributed by atoms with E-state index in [1.165, 1.54) is 6.07 Å². The van der Waals surface area contributed by atoms with Crippen molar-refractivity contribution in [3.8, 4) is 28.5 Å². The Labute approximate surface area is 337 Å². The summed E-state index contributed by atoms with van der Waals surface area (Å²) in [6, 6.07) is 6.73. The van der Waals surface area contributed by atoms with Gasteiger partial charge in [-0.1, -0.05) is 60.5 Å². The molecule has 3 aliphatic heterocycles. The number of hydrogen-bond acceptors (Lipinski definition) is 7. The zero-order valence-electron chi connectivity index (χ0n) is 35.6. The number of amides is 1. The molecule has 8 rings (SSSR count). The van der Waals surface area contributed by atoms with Crippen molar-refractivity contribution < 1.29 is 27.8 Å². The van der Waals surface area contributed by atoms with Gasteiger partial charge in [-0.3, -0.25) is 4.68 Å². The van der Waals surface area contributed by atoms with Gasteiger partial charge in [-0.05, 0) is 93.1 Å². The van der Waals surface area contributed by atoms with E-state index < -0.39 is 25.3 Å². The van der Waals surface area contributed by atoms with Crippen molar-refractivity contribution in [1.82, 2.24) is 19.7 Å². The largest absolute Gasteiger partial charge is 0.468 e. The quantitative estimate of drug-likeness (QED) is 0.0897. The first-order chi connectivity index (χ1) is 27.0. The number of hydrogen-bond donors (Lipinski definition) is 0. The predicted octanol–water partition coefficient (Wildman–Crippen LogP) is 10.6. The Bertz CT molecular complexity index is 2230. The van der Waals surface area contributed by atoms with Gasteiger partial charge in [0.05, 0.1) is 28.7 Å². The van der Waals surface area contributed by atoms with Gasteiger partial charge >= 0.3 is 6.09 Å². The molecule has 2 bridgehead atoms. The molecule has 0 unspecified atom stereocenters. The molecule has 1 amide bonds. The summed E-state index contributed by atoms with van der Waals surface area (Å²) in [5.74, 6) is 3.59. The minimum atomic E-state index is -2.27. The van der Waals surface area contributed by atoms with Gasteiger partial charge in [-0.15, -0.1) is 5.54 Å². The molecule has 9 nitrogen and oxygen atoms in total. The smallest absolute Gasteiger partial charge is 0.410 e. The number of aryl methyl sites for hydroxylation is 1. The topological polar surface area (TPSA) is 82.0 Å². The molecule has 2 atom stereocenters. The fourth-order valence-electron chi connectivity index (χ4n) is 9.64. The molecule has 2 aromatic heterocycles. The first kappa shape index (κ1) is 41.0. The summed E-state index contributed by atoms with van der Waals surface area (Å²) in [5, 5.41) is 7.07. The number of methoxy groups -OCH3 is 1. The summed E-state index contributed by atoms with van der Waals surface area (Å²) in [5.41, 5.74) is 6.05. The number of carbonyl (C=O) groups excluding carboxylic acids is 1. The van der Waals surface area contributed by atoms with Crippen molar-refractivity contribution in [3.05, 3.63) is 47.2 Å². The number of piperazine rings is 1. The number of aromatic nitrogens is 3. The van der Waals surface area contributed by atoms with Crippen LogP contribution in [-0.4, -0.2) is 78.5 Å². The zero-order valence-corrected chi connectivity index (χ0v) is 36.6. The van der Waals surface area contributed by atoms with Gasteiger partial charge in [0, 0.05) is 37.2 Å². The van der Waals surface area contributed by atoms with E-state index >= 15 is 8.78 Å². The number of nitrogens with zero attached hydrogens (tertiary/aromatic N) is 5. The van der Waals surface area contributed by atoms with Crippen LogP contribution in [0.3, 0.4) is 0 Å². The van der Waals surface area contributed by atoms with Crippen molar-refractivity contribution in [1.29, 1.82) is 0 Å². The predicted molar refractivity (Wildman–Crippen MR) is 226 cm³/mol. The number of rotatable bonds is 10. The van der Waals surface area contributed by atoms with Crippen LogP contribution in [0.1, 0.15) is 112 Å². The van der Waals surface area contributed by atoms with E-state index in [4.69, 9.17) is 24.3 Å². The molecule has 1 saturated carbocycles. The van der Waals surface area contributed by atoms with Crippen LogP contribution in [0.15, 0.2) is 24.3 Å². The van der Waals surface area contributed by atoms with Crippen molar-refractivity contribution >= 4 is 41.7 Å². The summed E-state index contributed by atoms with van der Waals surface area (Å²) in [4.78, 5) is 22.5. The number of carbonyl (C=O) groups is 1. The first-order valence-electron chi connectivity index (χ1n) is 20.8. The highest BCUT2D eigenvalue weighted by atomic mass is 28.3. The van der Waals surface area contributed by atoms with Crippen LogP contribution in [0.2, 0.25) is 16.6 Å².